The van der Waals surface area contributed by atoms with E-state index in [1.165, 1.54) is 36.7 Å². The number of amides is 4. The highest BCUT2D eigenvalue weighted by Gasteiger charge is 2.48. The zero-order valence-corrected chi connectivity index (χ0v) is 20.1. The molecule has 0 radical (unpaired) electrons. The quantitative estimate of drug-likeness (QED) is 0.220. The second-order valence-electron chi connectivity index (χ2n) is 7.98. The zero-order valence-electron chi connectivity index (χ0n) is 20.1. The molecule has 0 aliphatic carbocycles. The van der Waals surface area contributed by atoms with Crippen molar-refractivity contribution in [2.45, 2.75) is 38.8 Å². The third-order valence-corrected chi connectivity index (χ3v) is 4.97. The molecule has 0 aromatic heterocycles. The standard InChI is InChI=1S/C26H24F2N4O5/c1-16(33)29-21-14-10-19(11-15-21)7-5-4-6-18-8-12-20(13-9-18)23(35)30-22(24(36)32-37)26(3,25(27)28)31-17(2)34/h8-15,22,25,37H,1-3H3,(H,29,33)(H,30,35)(H,31,34)(H,32,36)/t22-,26+/m1/s1. The lowest BCUT2D eigenvalue weighted by Gasteiger charge is -2.36. The van der Waals surface area contributed by atoms with E-state index in [1.54, 1.807) is 24.3 Å². The fourth-order valence-corrected chi connectivity index (χ4v) is 3.15. The van der Waals surface area contributed by atoms with Gasteiger partial charge >= 0.3 is 0 Å². The van der Waals surface area contributed by atoms with E-state index in [2.05, 4.69) is 34.3 Å². The maximum Gasteiger partial charge on any atom is 0.268 e. The molecule has 0 saturated carbocycles. The van der Waals surface area contributed by atoms with Crippen LogP contribution in [0, 0.1) is 23.7 Å². The molecule has 192 valence electrons. The molecule has 4 amide bonds. The van der Waals surface area contributed by atoms with Gasteiger partial charge in [-0.2, -0.15) is 0 Å². The molecular weight excluding hydrogens is 486 g/mol. The van der Waals surface area contributed by atoms with Crippen LogP contribution in [0.1, 0.15) is 42.3 Å². The van der Waals surface area contributed by atoms with Gasteiger partial charge in [-0.25, -0.2) is 14.3 Å². The molecule has 5 N–H and O–H groups in total. The summed E-state index contributed by atoms with van der Waals surface area (Å²) < 4.78 is 27.5. The lowest BCUT2D eigenvalue weighted by Crippen LogP contribution is -2.68. The highest BCUT2D eigenvalue weighted by atomic mass is 19.3. The Morgan fingerprint density at radius 1 is 0.865 bits per heavy atom. The monoisotopic (exact) mass is 510 g/mol. The Morgan fingerprint density at radius 2 is 1.38 bits per heavy atom. The first-order chi connectivity index (χ1) is 17.5. The fourth-order valence-electron chi connectivity index (χ4n) is 3.15. The topological polar surface area (TPSA) is 137 Å². The van der Waals surface area contributed by atoms with Crippen LogP contribution in [0.4, 0.5) is 14.5 Å². The molecule has 0 unspecified atom stereocenters. The normalized spacial score (nSPS) is 12.4. The summed E-state index contributed by atoms with van der Waals surface area (Å²) in [4.78, 5) is 47.2. The first-order valence-electron chi connectivity index (χ1n) is 10.8. The highest BCUT2D eigenvalue weighted by Crippen LogP contribution is 2.21. The number of hydrogen-bond donors (Lipinski definition) is 5. The number of hydrogen-bond acceptors (Lipinski definition) is 5. The van der Waals surface area contributed by atoms with Crippen LogP contribution in [0.5, 0.6) is 0 Å². The van der Waals surface area contributed by atoms with Crippen molar-refractivity contribution in [3.63, 3.8) is 0 Å². The number of carbonyl (C=O) groups excluding carboxylic acids is 4. The molecule has 9 nitrogen and oxygen atoms in total. The van der Waals surface area contributed by atoms with E-state index in [1.807, 2.05) is 5.32 Å². The lowest BCUT2D eigenvalue weighted by molar-refractivity contribution is -0.137. The van der Waals surface area contributed by atoms with Gasteiger partial charge in [0.1, 0.15) is 11.6 Å². The van der Waals surface area contributed by atoms with Crippen molar-refractivity contribution >= 4 is 29.3 Å². The molecule has 2 atom stereocenters. The minimum absolute atomic E-state index is 0.0195. The number of alkyl halides is 2. The van der Waals surface area contributed by atoms with E-state index >= 15 is 0 Å². The summed E-state index contributed by atoms with van der Waals surface area (Å²) >= 11 is 0. The fraction of sp³-hybridized carbons (Fsp3) is 0.231. The smallest absolute Gasteiger partial charge is 0.268 e. The number of hydroxylamine groups is 1. The molecule has 2 aromatic carbocycles. The van der Waals surface area contributed by atoms with Crippen LogP contribution in [-0.4, -0.2) is 46.8 Å². The van der Waals surface area contributed by atoms with E-state index in [9.17, 15) is 28.0 Å². The van der Waals surface area contributed by atoms with Gasteiger partial charge in [0, 0.05) is 36.2 Å². The van der Waals surface area contributed by atoms with Gasteiger partial charge in [0.25, 0.3) is 18.2 Å². The molecular formula is C26H24F2N4O5. The minimum atomic E-state index is -3.26. The SMILES string of the molecule is CC(=O)Nc1ccc(C#CC#Cc2ccc(C(=O)N[C@H](C(=O)NO)[C@](C)(NC(C)=O)C(F)F)cc2)cc1. The molecule has 0 spiro atoms. The van der Waals surface area contributed by atoms with Gasteiger partial charge in [-0.3, -0.25) is 24.4 Å². The Balaban J connectivity index is 2.13. The summed E-state index contributed by atoms with van der Waals surface area (Å²) in [5.41, 5.74) is 0.589. The molecule has 0 bridgehead atoms. The number of nitrogens with one attached hydrogen (secondary N) is 4. The van der Waals surface area contributed by atoms with Crippen molar-refractivity contribution in [1.29, 1.82) is 0 Å². The minimum Gasteiger partial charge on any atom is -0.343 e. The first kappa shape index (κ1) is 28.5. The van der Waals surface area contributed by atoms with E-state index in [4.69, 9.17) is 5.21 Å². The predicted molar refractivity (Wildman–Crippen MR) is 130 cm³/mol. The van der Waals surface area contributed by atoms with Gasteiger partial charge in [-0.15, -0.1) is 0 Å². The number of carbonyl (C=O) groups is 4. The Morgan fingerprint density at radius 3 is 1.81 bits per heavy atom. The van der Waals surface area contributed by atoms with Gasteiger partial charge in [0.2, 0.25) is 11.8 Å². The van der Waals surface area contributed by atoms with Crippen molar-refractivity contribution in [3.05, 3.63) is 65.2 Å². The summed E-state index contributed by atoms with van der Waals surface area (Å²) in [5.74, 6) is 7.72. The number of benzene rings is 2. The molecule has 2 rings (SSSR count). The molecule has 0 aliphatic rings. The van der Waals surface area contributed by atoms with Crippen LogP contribution >= 0.6 is 0 Å². The van der Waals surface area contributed by atoms with E-state index in [0.29, 0.717) is 16.8 Å². The Kier molecular flexibility index (Phi) is 9.87. The van der Waals surface area contributed by atoms with Crippen LogP contribution in [0.2, 0.25) is 0 Å². The van der Waals surface area contributed by atoms with E-state index < -0.39 is 35.7 Å². The third kappa shape index (κ3) is 8.16. The van der Waals surface area contributed by atoms with Crippen LogP contribution in [-0.2, 0) is 14.4 Å². The molecule has 11 heteroatoms. The van der Waals surface area contributed by atoms with E-state index in [0.717, 1.165) is 13.8 Å². The second-order valence-corrected chi connectivity index (χ2v) is 7.98. The van der Waals surface area contributed by atoms with Crippen LogP contribution in [0.15, 0.2) is 48.5 Å². The maximum absolute atomic E-state index is 13.7. The van der Waals surface area contributed by atoms with Crippen molar-refractivity contribution in [2.24, 2.45) is 0 Å². The number of halogens is 2. The zero-order chi connectivity index (χ0) is 27.6. The second kappa shape index (κ2) is 12.8. The molecule has 0 fully saturated rings. The summed E-state index contributed by atoms with van der Waals surface area (Å²) in [6, 6.07) is 10.6. The molecule has 2 aromatic rings. The Labute approximate surface area is 212 Å². The summed E-state index contributed by atoms with van der Waals surface area (Å²) in [6.07, 6.45) is -3.26. The summed E-state index contributed by atoms with van der Waals surface area (Å²) in [5, 5.41) is 15.7. The van der Waals surface area contributed by atoms with E-state index in [-0.39, 0.29) is 11.5 Å². The van der Waals surface area contributed by atoms with Gasteiger partial charge in [-0.05, 0) is 67.3 Å². The molecule has 0 heterocycles. The van der Waals surface area contributed by atoms with Crippen molar-refractivity contribution in [3.8, 4) is 23.7 Å². The van der Waals surface area contributed by atoms with Crippen molar-refractivity contribution < 1.29 is 33.2 Å². The van der Waals surface area contributed by atoms with Gasteiger partial charge < -0.3 is 16.0 Å². The predicted octanol–water partition coefficient (Wildman–Crippen LogP) is 1.81. The van der Waals surface area contributed by atoms with Crippen molar-refractivity contribution in [2.75, 3.05) is 5.32 Å². The molecule has 0 saturated heterocycles. The number of rotatable bonds is 7. The first-order valence-corrected chi connectivity index (χ1v) is 10.8. The maximum atomic E-state index is 13.7. The summed E-state index contributed by atoms with van der Waals surface area (Å²) in [6.45, 7) is 3.26. The van der Waals surface area contributed by atoms with Crippen LogP contribution in [0.3, 0.4) is 0 Å². The highest BCUT2D eigenvalue weighted by molar-refractivity contribution is 5.98. The van der Waals surface area contributed by atoms with Crippen LogP contribution in [0.25, 0.3) is 0 Å². The van der Waals surface area contributed by atoms with Gasteiger partial charge in [0.15, 0.2) is 0 Å². The third-order valence-electron chi connectivity index (χ3n) is 4.97. The lowest BCUT2D eigenvalue weighted by atomic mass is 9.91. The van der Waals surface area contributed by atoms with Crippen LogP contribution < -0.4 is 21.4 Å². The summed E-state index contributed by atoms with van der Waals surface area (Å²) in [7, 11) is 0. The van der Waals surface area contributed by atoms with Crippen molar-refractivity contribution in [1.82, 2.24) is 16.1 Å². The van der Waals surface area contributed by atoms with Gasteiger partial charge in [0.05, 0.1) is 0 Å². The average Bonchev–Trinajstić information content (AvgIpc) is 2.85. The molecule has 37 heavy (non-hydrogen) atoms. The average molecular weight is 510 g/mol. The van der Waals surface area contributed by atoms with Gasteiger partial charge in [-0.1, -0.05) is 11.8 Å². The Hall–Kier alpha value is -4.74. The number of anilines is 1. The Bertz CT molecular complexity index is 1290. The molecule has 0 aliphatic heterocycles. The largest absolute Gasteiger partial charge is 0.343 e.